The van der Waals surface area contributed by atoms with E-state index in [9.17, 15) is 14.3 Å². The highest BCUT2D eigenvalue weighted by Gasteiger charge is 2.31. The normalized spacial score (nSPS) is 14.5. The second-order valence-electron chi connectivity index (χ2n) is 8.75. The largest absolute Gasteiger partial charge is 0.497 e. The second kappa shape index (κ2) is 14.5. The van der Waals surface area contributed by atoms with Gasteiger partial charge in [0.1, 0.15) is 24.1 Å². The predicted molar refractivity (Wildman–Crippen MR) is 122 cm³/mol. The molecule has 0 radical (unpaired) electrons. The van der Waals surface area contributed by atoms with E-state index in [1.54, 1.807) is 7.11 Å². The zero-order valence-electron chi connectivity index (χ0n) is 19.7. The van der Waals surface area contributed by atoms with Gasteiger partial charge in [0.15, 0.2) is 0 Å². The van der Waals surface area contributed by atoms with Crippen molar-refractivity contribution in [1.29, 1.82) is 0 Å². The first-order chi connectivity index (χ1) is 15.0. The van der Waals surface area contributed by atoms with E-state index in [0.717, 1.165) is 43.6 Å². The minimum Gasteiger partial charge on any atom is -0.497 e. The Balaban J connectivity index is 2.12. The van der Waals surface area contributed by atoms with Gasteiger partial charge in [0.05, 0.1) is 47.9 Å². The number of benzene rings is 1. The molecule has 0 saturated heterocycles. The van der Waals surface area contributed by atoms with Gasteiger partial charge in [0.25, 0.3) is 0 Å². The minimum atomic E-state index is -4.29. The summed E-state index contributed by atoms with van der Waals surface area (Å²) in [5.41, 5.74) is 0. The SMILES string of the molecule is COc1ccc(OCCCCCCCCOP(=O)(O)OC(CC(=O)O)C[N+](C)(C)C)cc1. The Kier molecular flexibility index (Phi) is 12.9. The van der Waals surface area contributed by atoms with Crippen molar-refractivity contribution in [3.05, 3.63) is 24.3 Å². The van der Waals surface area contributed by atoms with Gasteiger partial charge >= 0.3 is 13.8 Å². The van der Waals surface area contributed by atoms with Crippen molar-refractivity contribution in [2.75, 3.05) is 48.0 Å². The first kappa shape index (κ1) is 28.4. The van der Waals surface area contributed by atoms with Crippen LogP contribution in [0.4, 0.5) is 0 Å². The highest BCUT2D eigenvalue weighted by atomic mass is 31.2. The van der Waals surface area contributed by atoms with Gasteiger partial charge in [-0.3, -0.25) is 13.8 Å². The van der Waals surface area contributed by atoms with Crippen molar-refractivity contribution < 1.29 is 42.4 Å². The van der Waals surface area contributed by atoms with Crippen LogP contribution in [-0.2, 0) is 18.4 Å². The second-order valence-corrected chi connectivity index (χ2v) is 10.2. The van der Waals surface area contributed by atoms with Crippen LogP contribution >= 0.6 is 7.82 Å². The number of nitrogens with zero attached hydrogens (tertiary/aromatic N) is 1. The number of phosphoric ester groups is 1. The summed E-state index contributed by atoms with van der Waals surface area (Å²) in [5.74, 6) is 0.540. The third-order valence-corrected chi connectivity index (χ3v) is 5.63. The molecule has 0 fully saturated rings. The monoisotopic (exact) mass is 476 g/mol. The van der Waals surface area contributed by atoms with Crippen molar-refractivity contribution in [3.8, 4) is 11.5 Å². The maximum Gasteiger partial charge on any atom is 0.472 e. The molecule has 2 unspecified atom stereocenters. The molecule has 0 spiro atoms. The number of ether oxygens (including phenoxy) is 2. The van der Waals surface area contributed by atoms with Gasteiger partial charge in [-0.05, 0) is 37.1 Å². The number of methoxy groups -OCH3 is 1. The Morgan fingerprint density at radius 2 is 1.50 bits per heavy atom. The third kappa shape index (κ3) is 14.4. The van der Waals surface area contributed by atoms with Gasteiger partial charge < -0.3 is 24.0 Å². The quantitative estimate of drug-likeness (QED) is 0.185. The molecule has 0 aliphatic rings. The van der Waals surface area contributed by atoms with Crippen molar-refractivity contribution in [1.82, 2.24) is 0 Å². The molecule has 0 amide bonds. The number of unbranched alkanes of at least 4 members (excludes halogenated alkanes) is 5. The summed E-state index contributed by atoms with van der Waals surface area (Å²) in [7, 11) is 2.90. The lowest BCUT2D eigenvalue weighted by Crippen LogP contribution is -2.42. The lowest BCUT2D eigenvalue weighted by atomic mass is 10.1. The van der Waals surface area contributed by atoms with Gasteiger partial charge in [0, 0.05) is 0 Å². The van der Waals surface area contributed by atoms with Crippen LogP contribution in [0, 0.1) is 0 Å². The van der Waals surface area contributed by atoms with Crippen LogP contribution in [0.2, 0.25) is 0 Å². The van der Waals surface area contributed by atoms with Gasteiger partial charge in [-0.2, -0.15) is 0 Å². The maximum absolute atomic E-state index is 12.1. The summed E-state index contributed by atoms with van der Waals surface area (Å²) in [5, 5.41) is 8.99. The summed E-state index contributed by atoms with van der Waals surface area (Å²) < 4.78 is 33.5. The van der Waals surface area contributed by atoms with E-state index in [1.165, 1.54) is 0 Å². The molecule has 32 heavy (non-hydrogen) atoms. The van der Waals surface area contributed by atoms with Gasteiger partial charge in [0.2, 0.25) is 0 Å². The maximum atomic E-state index is 12.1. The average Bonchev–Trinajstić information content (AvgIpc) is 2.67. The molecular formula is C22H39NO8P+. The zero-order valence-corrected chi connectivity index (χ0v) is 20.6. The molecule has 1 aromatic rings. The van der Waals surface area contributed by atoms with E-state index in [2.05, 4.69) is 0 Å². The number of carboxylic acid groups (broad SMARTS) is 1. The third-order valence-electron chi connectivity index (χ3n) is 4.56. The zero-order chi connectivity index (χ0) is 24.0. The standard InChI is InChI=1S/C22H38NO8P/c1-23(2,3)18-21(17-22(24)25)31-32(26,27)30-16-10-8-6-5-7-9-15-29-20-13-11-19(28-4)12-14-20/h11-14,21H,5-10,15-18H2,1-4H3,(H-,24,25,26,27)/p+1. The highest BCUT2D eigenvalue weighted by molar-refractivity contribution is 7.47. The summed E-state index contributed by atoms with van der Waals surface area (Å²) in [6.07, 6.45) is 4.29. The van der Waals surface area contributed by atoms with E-state index in [-0.39, 0.29) is 19.6 Å². The predicted octanol–water partition coefficient (Wildman–Crippen LogP) is 4.10. The van der Waals surface area contributed by atoms with Gasteiger partial charge in [-0.1, -0.05) is 25.7 Å². The van der Waals surface area contributed by atoms with Crippen molar-refractivity contribution in [2.45, 2.75) is 51.0 Å². The number of quaternary nitrogens is 1. The molecule has 184 valence electrons. The van der Waals surface area contributed by atoms with Crippen molar-refractivity contribution >= 4 is 13.8 Å². The molecule has 2 atom stereocenters. The van der Waals surface area contributed by atoms with E-state index < -0.39 is 19.9 Å². The smallest absolute Gasteiger partial charge is 0.472 e. The average molecular weight is 477 g/mol. The molecule has 10 heteroatoms. The topological polar surface area (TPSA) is 112 Å². The van der Waals surface area contributed by atoms with Crippen LogP contribution in [-0.4, -0.2) is 74.6 Å². The molecular weight excluding hydrogens is 437 g/mol. The minimum absolute atomic E-state index is 0.0958. The fourth-order valence-corrected chi connectivity index (χ4v) is 4.05. The van der Waals surface area contributed by atoms with Crippen LogP contribution in [0.25, 0.3) is 0 Å². The lowest BCUT2D eigenvalue weighted by molar-refractivity contribution is -0.873. The van der Waals surface area contributed by atoms with Crippen molar-refractivity contribution in [3.63, 3.8) is 0 Å². The number of hydrogen-bond donors (Lipinski definition) is 2. The fourth-order valence-electron chi connectivity index (χ4n) is 3.11. The molecule has 0 aromatic heterocycles. The van der Waals surface area contributed by atoms with Gasteiger partial charge in [-0.15, -0.1) is 0 Å². The molecule has 0 heterocycles. The molecule has 0 aliphatic carbocycles. The summed E-state index contributed by atoms with van der Waals surface area (Å²) in [6, 6.07) is 7.50. The number of rotatable bonds is 18. The van der Waals surface area contributed by atoms with Crippen LogP contribution in [0.1, 0.15) is 44.9 Å². The first-order valence-electron chi connectivity index (χ1n) is 11.0. The number of carboxylic acids is 1. The number of carbonyl (C=O) groups is 1. The van der Waals surface area contributed by atoms with Gasteiger partial charge in [-0.25, -0.2) is 4.57 Å². The Hall–Kier alpha value is -1.64. The summed E-state index contributed by atoms with van der Waals surface area (Å²) >= 11 is 0. The molecule has 1 rings (SSSR count). The molecule has 9 nitrogen and oxygen atoms in total. The molecule has 0 aliphatic heterocycles. The van der Waals surface area contributed by atoms with E-state index >= 15 is 0 Å². The van der Waals surface area contributed by atoms with Crippen molar-refractivity contribution in [2.24, 2.45) is 0 Å². The molecule has 0 bridgehead atoms. The van der Waals surface area contributed by atoms with Crippen LogP contribution in [0.5, 0.6) is 11.5 Å². The van der Waals surface area contributed by atoms with E-state index in [4.69, 9.17) is 23.6 Å². The van der Waals surface area contributed by atoms with E-state index in [1.807, 2.05) is 45.4 Å². The molecule has 1 aromatic carbocycles. The Bertz CT molecular complexity index is 705. The molecule has 0 saturated carbocycles. The fraction of sp³-hybridized carbons (Fsp3) is 0.682. The van der Waals surface area contributed by atoms with Crippen LogP contribution < -0.4 is 9.47 Å². The summed E-state index contributed by atoms with van der Waals surface area (Å²) in [6.45, 7) is 1.03. The van der Waals surface area contributed by atoms with Crippen LogP contribution in [0.15, 0.2) is 24.3 Å². The number of phosphoric acid groups is 1. The Morgan fingerprint density at radius 1 is 0.969 bits per heavy atom. The summed E-state index contributed by atoms with van der Waals surface area (Å²) in [4.78, 5) is 20.9. The first-order valence-corrected chi connectivity index (χ1v) is 12.4. The lowest BCUT2D eigenvalue weighted by Gasteiger charge is -2.29. The number of likely N-dealkylation sites (N-methyl/N-ethyl adjacent to an activating group) is 1. The van der Waals surface area contributed by atoms with E-state index in [0.29, 0.717) is 17.5 Å². The Morgan fingerprint density at radius 3 is 2.03 bits per heavy atom. The number of hydrogen-bond acceptors (Lipinski definition) is 6. The Labute approximate surface area is 191 Å². The highest BCUT2D eigenvalue weighted by Crippen LogP contribution is 2.45. The number of aliphatic carboxylic acids is 1. The molecule has 2 N–H and O–H groups in total. The van der Waals surface area contributed by atoms with Crippen LogP contribution in [0.3, 0.4) is 0 Å².